The van der Waals surface area contributed by atoms with Gasteiger partial charge in [0.1, 0.15) is 5.75 Å². The van der Waals surface area contributed by atoms with Crippen molar-refractivity contribution >= 4 is 39.5 Å². The fourth-order valence-electron chi connectivity index (χ4n) is 2.71. The Bertz CT molecular complexity index is 866. The number of methoxy groups -OCH3 is 1. The second kappa shape index (κ2) is 5.64. The van der Waals surface area contributed by atoms with E-state index in [1.54, 1.807) is 20.1 Å². The van der Waals surface area contributed by atoms with E-state index in [1.807, 2.05) is 41.0 Å². The summed E-state index contributed by atoms with van der Waals surface area (Å²) < 4.78 is 8.25. The molecule has 4 nitrogen and oxygen atoms in total. The normalized spacial score (nSPS) is 10.9. The molecule has 22 heavy (non-hydrogen) atoms. The Labute approximate surface area is 141 Å². The summed E-state index contributed by atoms with van der Waals surface area (Å²) >= 11 is 2.24. The molecule has 1 heterocycles. The molecular weight excluding hydrogens is 393 g/mol. The van der Waals surface area contributed by atoms with Crippen molar-refractivity contribution in [2.45, 2.75) is 6.92 Å². The highest BCUT2D eigenvalue weighted by atomic mass is 127. The van der Waals surface area contributed by atoms with Gasteiger partial charge in [-0.15, -0.1) is 0 Å². The Morgan fingerprint density at radius 2 is 1.86 bits per heavy atom. The van der Waals surface area contributed by atoms with Gasteiger partial charge in [-0.25, -0.2) is 0 Å². The molecule has 112 valence electrons. The maximum absolute atomic E-state index is 11.6. The van der Waals surface area contributed by atoms with E-state index >= 15 is 0 Å². The summed E-state index contributed by atoms with van der Waals surface area (Å²) in [6, 6.07) is 13.3. The highest BCUT2D eigenvalue weighted by Gasteiger charge is 2.16. The molecule has 0 radical (unpaired) electrons. The van der Waals surface area contributed by atoms with Gasteiger partial charge in [0, 0.05) is 25.9 Å². The van der Waals surface area contributed by atoms with Crippen LogP contribution in [0.15, 0.2) is 42.5 Å². The van der Waals surface area contributed by atoms with E-state index in [0.717, 1.165) is 14.8 Å². The molecule has 0 amide bonds. The molecule has 0 fully saturated rings. The largest absolute Gasteiger partial charge is 0.545 e. The van der Waals surface area contributed by atoms with Gasteiger partial charge >= 0.3 is 0 Å². The second-order valence-electron chi connectivity index (χ2n) is 4.94. The van der Waals surface area contributed by atoms with Crippen LogP contribution in [0.4, 0.5) is 0 Å². The van der Waals surface area contributed by atoms with Crippen molar-refractivity contribution in [1.29, 1.82) is 0 Å². The summed E-state index contributed by atoms with van der Waals surface area (Å²) in [7, 11) is 1.56. The topological polar surface area (TPSA) is 54.3 Å². The summed E-state index contributed by atoms with van der Waals surface area (Å²) in [4.78, 5) is 11.6. The Hall–Kier alpha value is -2.02. The van der Waals surface area contributed by atoms with Gasteiger partial charge in [-0.1, -0.05) is 0 Å². The lowest BCUT2D eigenvalue weighted by molar-refractivity contribution is -0.254. The maximum Gasteiger partial charge on any atom is 0.119 e. The minimum Gasteiger partial charge on any atom is -0.545 e. The molecule has 0 atom stereocenters. The Kier molecular flexibility index (Phi) is 3.82. The summed E-state index contributed by atoms with van der Waals surface area (Å²) in [6.07, 6.45) is 0. The molecule has 0 spiro atoms. The first-order valence-corrected chi connectivity index (χ1v) is 7.77. The first-order chi connectivity index (χ1) is 10.5. The van der Waals surface area contributed by atoms with E-state index in [2.05, 4.69) is 22.6 Å². The molecule has 0 aliphatic rings. The van der Waals surface area contributed by atoms with Crippen LogP contribution in [0.25, 0.3) is 16.6 Å². The first-order valence-electron chi connectivity index (χ1n) is 6.69. The first kappa shape index (κ1) is 14.9. The Morgan fingerprint density at radius 3 is 2.45 bits per heavy atom. The number of nitrogens with zero attached hydrogens (tertiary/aromatic N) is 1. The summed E-state index contributed by atoms with van der Waals surface area (Å²) in [6.45, 7) is 1.79. The van der Waals surface area contributed by atoms with Gasteiger partial charge in [0.05, 0.1) is 18.6 Å². The van der Waals surface area contributed by atoms with Gasteiger partial charge in [-0.05, 0) is 72.0 Å². The summed E-state index contributed by atoms with van der Waals surface area (Å²) in [5.41, 5.74) is 2.58. The quantitative estimate of drug-likeness (QED) is 0.629. The number of hydrogen-bond acceptors (Lipinski definition) is 3. The highest BCUT2D eigenvalue weighted by Crippen LogP contribution is 2.31. The number of hydrogen-bond donors (Lipinski definition) is 0. The third-order valence-electron chi connectivity index (χ3n) is 3.70. The Morgan fingerprint density at radius 1 is 1.18 bits per heavy atom. The van der Waals surface area contributed by atoms with Gasteiger partial charge < -0.3 is 19.2 Å². The number of carboxylic acids is 1. The number of carbonyl (C=O) groups is 1. The average molecular weight is 406 g/mol. The van der Waals surface area contributed by atoms with E-state index < -0.39 is 5.97 Å². The maximum atomic E-state index is 11.6. The number of rotatable bonds is 3. The van der Waals surface area contributed by atoms with Crippen LogP contribution in [0.2, 0.25) is 0 Å². The van der Waals surface area contributed by atoms with Crippen LogP contribution >= 0.6 is 22.6 Å². The van der Waals surface area contributed by atoms with Crippen LogP contribution in [0.1, 0.15) is 16.1 Å². The monoisotopic (exact) mass is 406 g/mol. The fraction of sp³-hybridized carbons (Fsp3) is 0.118. The van der Waals surface area contributed by atoms with E-state index in [-0.39, 0.29) is 5.56 Å². The van der Waals surface area contributed by atoms with Crippen LogP contribution in [-0.4, -0.2) is 17.6 Å². The average Bonchev–Trinajstić information content (AvgIpc) is 2.79. The van der Waals surface area contributed by atoms with Gasteiger partial charge in [0.25, 0.3) is 0 Å². The van der Waals surface area contributed by atoms with Crippen LogP contribution in [0.3, 0.4) is 0 Å². The van der Waals surface area contributed by atoms with Gasteiger partial charge in [-0.3, -0.25) is 0 Å². The Balaban J connectivity index is 2.37. The molecule has 5 heteroatoms. The lowest BCUT2D eigenvalue weighted by Crippen LogP contribution is -2.23. The minimum atomic E-state index is -1.18. The van der Waals surface area contributed by atoms with Gasteiger partial charge in [0.2, 0.25) is 0 Å². The zero-order chi connectivity index (χ0) is 15.9. The van der Waals surface area contributed by atoms with Crippen LogP contribution in [0.5, 0.6) is 5.75 Å². The zero-order valence-electron chi connectivity index (χ0n) is 12.1. The van der Waals surface area contributed by atoms with Crippen molar-refractivity contribution in [2.24, 2.45) is 0 Å². The van der Waals surface area contributed by atoms with Crippen LogP contribution in [-0.2, 0) is 0 Å². The van der Waals surface area contributed by atoms with Crippen molar-refractivity contribution in [3.8, 4) is 11.4 Å². The highest BCUT2D eigenvalue weighted by molar-refractivity contribution is 14.1. The molecule has 3 aromatic rings. The number of halogens is 1. The van der Waals surface area contributed by atoms with Crippen molar-refractivity contribution in [1.82, 2.24) is 4.57 Å². The summed E-state index contributed by atoms with van der Waals surface area (Å²) in [5.74, 6) is -0.560. The standard InChI is InChI=1S/C17H14INO3/c1-10-16(17(20)21)14-9-13(22-2)7-8-15(14)19(10)12-5-3-11(18)4-6-12/h3-9H,1-2H3,(H,20,21)/p-1. The molecule has 0 aliphatic carbocycles. The molecule has 0 saturated carbocycles. The number of aromatic carboxylic acids is 1. The number of carboxylic acid groups (broad SMARTS) is 1. The lowest BCUT2D eigenvalue weighted by atomic mass is 10.1. The smallest absolute Gasteiger partial charge is 0.119 e. The van der Waals surface area contributed by atoms with Crippen molar-refractivity contribution in [3.05, 3.63) is 57.3 Å². The SMILES string of the molecule is COc1ccc2c(c1)c(C(=O)[O-])c(C)n2-c1ccc(I)cc1. The molecule has 0 unspecified atom stereocenters. The van der Waals surface area contributed by atoms with Crippen molar-refractivity contribution in [2.75, 3.05) is 7.11 Å². The van der Waals surface area contributed by atoms with Crippen molar-refractivity contribution < 1.29 is 14.6 Å². The van der Waals surface area contributed by atoms with Crippen LogP contribution < -0.4 is 9.84 Å². The third kappa shape index (κ3) is 2.35. The zero-order valence-corrected chi connectivity index (χ0v) is 14.2. The predicted molar refractivity (Wildman–Crippen MR) is 91.6 cm³/mol. The number of carbonyl (C=O) groups excluding carboxylic acids is 1. The third-order valence-corrected chi connectivity index (χ3v) is 4.42. The second-order valence-corrected chi connectivity index (χ2v) is 6.19. The minimum absolute atomic E-state index is 0.201. The molecule has 0 bridgehead atoms. The molecule has 3 rings (SSSR count). The molecule has 2 aromatic carbocycles. The molecule has 0 aliphatic heterocycles. The molecule has 0 N–H and O–H groups in total. The summed E-state index contributed by atoms with van der Waals surface area (Å²) in [5, 5.41) is 12.2. The van der Waals surface area contributed by atoms with E-state index in [9.17, 15) is 9.90 Å². The van der Waals surface area contributed by atoms with Crippen LogP contribution in [0, 0.1) is 10.5 Å². The van der Waals surface area contributed by atoms with Crippen molar-refractivity contribution in [3.63, 3.8) is 0 Å². The molecule has 1 aromatic heterocycles. The number of benzene rings is 2. The number of fused-ring (bicyclic) bond motifs is 1. The fourth-order valence-corrected chi connectivity index (χ4v) is 3.06. The van der Waals surface area contributed by atoms with E-state index in [4.69, 9.17) is 4.74 Å². The lowest BCUT2D eigenvalue weighted by Gasteiger charge is -2.09. The predicted octanol–water partition coefficient (Wildman–Crippen LogP) is 2.92. The molecule has 0 saturated heterocycles. The van der Waals surface area contributed by atoms with E-state index in [0.29, 0.717) is 16.8 Å². The van der Waals surface area contributed by atoms with Gasteiger partial charge in [0.15, 0.2) is 0 Å². The van der Waals surface area contributed by atoms with E-state index in [1.165, 1.54) is 0 Å². The number of aromatic nitrogens is 1. The number of ether oxygens (including phenoxy) is 1. The molecular formula is C17H13INO3-. The van der Waals surface area contributed by atoms with Gasteiger partial charge in [-0.2, -0.15) is 0 Å².